The van der Waals surface area contributed by atoms with Crippen LogP contribution < -0.4 is 0 Å². The Hall–Kier alpha value is -2.02. The molecule has 0 aromatic heterocycles. The fraction of sp³-hybridized carbons (Fsp3) is 0.364. The summed E-state index contributed by atoms with van der Waals surface area (Å²) >= 11 is 0. The molecule has 98 valence electrons. The van der Waals surface area contributed by atoms with Crippen molar-refractivity contribution >= 4 is 11.7 Å². The maximum Gasteiger partial charge on any atom is 0.346 e. The molecule has 0 saturated carbocycles. The summed E-state index contributed by atoms with van der Waals surface area (Å²) in [5.74, 6) is -1.66. The van der Waals surface area contributed by atoms with Gasteiger partial charge in [0.15, 0.2) is 6.23 Å². The zero-order chi connectivity index (χ0) is 13.9. The third-order valence-electron chi connectivity index (χ3n) is 2.38. The number of esters is 1. The second kappa shape index (κ2) is 5.54. The number of nitro benzene ring substituents is 1. The molecule has 1 atom stereocenters. The molecule has 0 spiro atoms. The molecule has 1 aromatic rings. The minimum absolute atomic E-state index is 0.395. The van der Waals surface area contributed by atoms with Crippen LogP contribution in [0.3, 0.4) is 0 Å². The van der Waals surface area contributed by atoms with E-state index in [4.69, 9.17) is 4.74 Å². The number of halogens is 1. The predicted octanol–water partition coefficient (Wildman–Crippen LogP) is 1.80. The van der Waals surface area contributed by atoms with Crippen molar-refractivity contribution in [2.45, 2.75) is 13.2 Å². The molecule has 0 N–H and O–H groups in total. The second-order valence-corrected chi connectivity index (χ2v) is 3.89. The summed E-state index contributed by atoms with van der Waals surface area (Å²) in [4.78, 5) is 23.3. The summed E-state index contributed by atoms with van der Waals surface area (Å²) < 4.78 is 18.0. The first-order valence-electron chi connectivity index (χ1n) is 5.14. The number of nitro groups is 1. The molecule has 0 bridgehead atoms. The summed E-state index contributed by atoms with van der Waals surface area (Å²) in [5, 5.41) is 10.7. The van der Waals surface area contributed by atoms with Gasteiger partial charge in [0.05, 0.1) is 4.92 Å². The van der Waals surface area contributed by atoms with E-state index in [1.54, 1.807) is 25.9 Å². The Kier molecular flexibility index (Phi) is 4.33. The highest BCUT2D eigenvalue weighted by Crippen LogP contribution is 2.21. The number of hydrogen-bond donors (Lipinski definition) is 0. The largest absolute Gasteiger partial charge is 0.443 e. The minimum atomic E-state index is -0.928. The Bertz CT molecular complexity index is 476. The topological polar surface area (TPSA) is 72.7 Å². The van der Waals surface area contributed by atoms with Crippen molar-refractivity contribution in [1.29, 1.82) is 0 Å². The molecular weight excluding hydrogens is 243 g/mol. The number of hydrogen-bond acceptors (Lipinski definition) is 5. The van der Waals surface area contributed by atoms with Gasteiger partial charge < -0.3 is 4.74 Å². The van der Waals surface area contributed by atoms with Crippen LogP contribution in [0.5, 0.6) is 0 Å². The third kappa shape index (κ3) is 3.24. The Labute approximate surface area is 103 Å². The van der Waals surface area contributed by atoms with Gasteiger partial charge in [-0.1, -0.05) is 0 Å². The zero-order valence-electron chi connectivity index (χ0n) is 10.2. The highest BCUT2D eigenvalue weighted by atomic mass is 19.1. The molecule has 6 nitrogen and oxygen atoms in total. The number of rotatable bonds is 4. The van der Waals surface area contributed by atoms with Gasteiger partial charge in [0, 0.05) is 6.07 Å². The number of benzene rings is 1. The number of carbonyl (C=O) groups is 1. The molecule has 0 heterocycles. The van der Waals surface area contributed by atoms with Gasteiger partial charge >= 0.3 is 5.97 Å². The van der Waals surface area contributed by atoms with Crippen molar-refractivity contribution in [1.82, 2.24) is 4.90 Å². The van der Waals surface area contributed by atoms with E-state index >= 15 is 0 Å². The van der Waals surface area contributed by atoms with E-state index in [-0.39, 0.29) is 0 Å². The van der Waals surface area contributed by atoms with Crippen LogP contribution >= 0.6 is 0 Å². The van der Waals surface area contributed by atoms with Crippen molar-refractivity contribution in [3.05, 3.63) is 39.7 Å². The van der Waals surface area contributed by atoms with Crippen molar-refractivity contribution < 1.29 is 18.8 Å². The van der Waals surface area contributed by atoms with Crippen molar-refractivity contribution in [3.8, 4) is 0 Å². The first-order chi connectivity index (χ1) is 8.32. The zero-order valence-corrected chi connectivity index (χ0v) is 10.2. The lowest BCUT2D eigenvalue weighted by Gasteiger charge is -2.19. The summed E-state index contributed by atoms with van der Waals surface area (Å²) in [6.07, 6.45) is -0.569. The quantitative estimate of drug-likeness (QED) is 0.355. The highest BCUT2D eigenvalue weighted by molar-refractivity contribution is 5.93. The Morgan fingerprint density at radius 3 is 2.61 bits per heavy atom. The molecule has 18 heavy (non-hydrogen) atoms. The number of carbonyl (C=O) groups excluding carboxylic acids is 1. The Morgan fingerprint density at radius 1 is 1.50 bits per heavy atom. The molecule has 1 aromatic carbocycles. The summed E-state index contributed by atoms with van der Waals surface area (Å²) in [6, 6.07) is 2.65. The van der Waals surface area contributed by atoms with Gasteiger partial charge in [-0.25, -0.2) is 9.18 Å². The van der Waals surface area contributed by atoms with Gasteiger partial charge in [-0.3, -0.25) is 15.0 Å². The fourth-order valence-corrected chi connectivity index (χ4v) is 1.15. The standard InChI is InChI=1S/C11H13FN2O4/c1-7(13(2)3)18-11(15)9-6-8(12)4-5-10(9)14(16)17/h4-7H,1-3H3. The molecule has 0 fully saturated rings. The lowest BCUT2D eigenvalue weighted by atomic mass is 10.2. The molecule has 1 unspecified atom stereocenters. The summed E-state index contributed by atoms with van der Waals surface area (Å²) in [7, 11) is 3.36. The molecule has 0 aliphatic carbocycles. The van der Waals surface area contributed by atoms with Crippen LogP contribution in [0.1, 0.15) is 17.3 Å². The van der Waals surface area contributed by atoms with Gasteiger partial charge in [-0.05, 0) is 33.2 Å². The van der Waals surface area contributed by atoms with Gasteiger partial charge in [-0.2, -0.15) is 0 Å². The number of ether oxygens (including phenoxy) is 1. The lowest BCUT2D eigenvalue weighted by molar-refractivity contribution is -0.385. The third-order valence-corrected chi connectivity index (χ3v) is 2.38. The van der Waals surface area contributed by atoms with Gasteiger partial charge in [0.25, 0.3) is 5.69 Å². The van der Waals surface area contributed by atoms with E-state index in [0.29, 0.717) is 0 Å². The number of nitrogens with zero attached hydrogens (tertiary/aromatic N) is 2. The van der Waals surface area contributed by atoms with Gasteiger partial charge in [0.1, 0.15) is 11.4 Å². The second-order valence-electron chi connectivity index (χ2n) is 3.89. The molecule has 0 amide bonds. The maximum atomic E-state index is 13.0. The monoisotopic (exact) mass is 256 g/mol. The fourth-order valence-electron chi connectivity index (χ4n) is 1.15. The minimum Gasteiger partial charge on any atom is -0.443 e. The van der Waals surface area contributed by atoms with E-state index < -0.39 is 34.2 Å². The van der Waals surface area contributed by atoms with E-state index in [1.807, 2.05) is 0 Å². The van der Waals surface area contributed by atoms with Crippen LogP contribution in [-0.4, -0.2) is 36.1 Å². The smallest absolute Gasteiger partial charge is 0.346 e. The normalized spacial score (nSPS) is 12.3. The van der Waals surface area contributed by atoms with E-state index in [2.05, 4.69) is 0 Å². The molecule has 1 rings (SSSR count). The molecule has 0 aliphatic rings. The average Bonchev–Trinajstić information content (AvgIpc) is 2.28. The summed E-state index contributed by atoms with van der Waals surface area (Å²) in [6.45, 7) is 1.60. The Balaban J connectivity index is 3.04. The molecule has 7 heteroatoms. The highest BCUT2D eigenvalue weighted by Gasteiger charge is 2.24. The molecule has 0 radical (unpaired) electrons. The van der Waals surface area contributed by atoms with E-state index in [1.165, 1.54) is 0 Å². The van der Waals surface area contributed by atoms with Crippen LogP contribution in [0, 0.1) is 15.9 Å². The predicted molar refractivity (Wildman–Crippen MR) is 61.6 cm³/mol. The van der Waals surface area contributed by atoms with Crippen LogP contribution in [-0.2, 0) is 4.74 Å². The lowest BCUT2D eigenvalue weighted by Crippen LogP contribution is -2.30. The first kappa shape index (κ1) is 14.0. The van der Waals surface area contributed by atoms with Crippen LogP contribution in [0.4, 0.5) is 10.1 Å². The van der Waals surface area contributed by atoms with E-state index in [9.17, 15) is 19.3 Å². The van der Waals surface area contributed by atoms with Gasteiger partial charge in [0.2, 0.25) is 0 Å². The molecular formula is C11H13FN2O4. The van der Waals surface area contributed by atoms with Crippen molar-refractivity contribution in [2.75, 3.05) is 14.1 Å². The van der Waals surface area contributed by atoms with Crippen LogP contribution in [0.2, 0.25) is 0 Å². The van der Waals surface area contributed by atoms with Crippen molar-refractivity contribution in [2.24, 2.45) is 0 Å². The first-order valence-corrected chi connectivity index (χ1v) is 5.14. The van der Waals surface area contributed by atoms with Gasteiger partial charge in [-0.15, -0.1) is 0 Å². The maximum absolute atomic E-state index is 13.0. The van der Waals surface area contributed by atoms with E-state index in [0.717, 1.165) is 18.2 Å². The SMILES string of the molecule is CC(OC(=O)c1cc(F)ccc1[N+](=O)[O-])N(C)C. The average molecular weight is 256 g/mol. The summed E-state index contributed by atoms with van der Waals surface area (Å²) in [5.41, 5.74) is -0.874. The van der Waals surface area contributed by atoms with Crippen molar-refractivity contribution in [3.63, 3.8) is 0 Å². The molecule has 0 aliphatic heterocycles. The Morgan fingerprint density at radius 2 is 2.11 bits per heavy atom. The van der Waals surface area contributed by atoms with Crippen LogP contribution in [0.15, 0.2) is 18.2 Å². The molecule has 0 saturated heterocycles. The van der Waals surface area contributed by atoms with Crippen LogP contribution in [0.25, 0.3) is 0 Å².